The minimum atomic E-state index is -1.13. The van der Waals surface area contributed by atoms with Crippen molar-refractivity contribution in [2.45, 2.75) is 89.1 Å². The molecule has 1 aromatic carbocycles. The molecular formula is C27H38N2O6. The maximum atomic E-state index is 14.2. The van der Waals surface area contributed by atoms with E-state index >= 15 is 0 Å². The molecule has 3 aliphatic heterocycles. The van der Waals surface area contributed by atoms with Gasteiger partial charge in [0.05, 0.1) is 30.8 Å². The summed E-state index contributed by atoms with van der Waals surface area (Å²) in [4.78, 5) is 42.7. The molecule has 0 radical (unpaired) electrons. The Morgan fingerprint density at radius 2 is 1.91 bits per heavy atom. The third-order valence-corrected chi connectivity index (χ3v) is 7.82. The van der Waals surface area contributed by atoms with Crippen LogP contribution in [0.1, 0.15) is 59.4 Å². The highest BCUT2D eigenvalue weighted by Gasteiger charge is 2.79. The van der Waals surface area contributed by atoms with Crippen molar-refractivity contribution in [2.24, 2.45) is 11.8 Å². The van der Waals surface area contributed by atoms with Crippen LogP contribution in [-0.4, -0.2) is 69.8 Å². The Morgan fingerprint density at radius 3 is 2.49 bits per heavy atom. The van der Waals surface area contributed by atoms with E-state index in [9.17, 15) is 19.5 Å². The molecule has 6 atom stereocenters. The zero-order chi connectivity index (χ0) is 25.6. The van der Waals surface area contributed by atoms with E-state index in [1.165, 1.54) is 4.90 Å². The van der Waals surface area contributed by atoms with E-state index in [1.807, 2.05) is 58.0 Å². The molecule has 4 rings (SSSR count). The van der Waals surface area contributed by atoms with Crippen LogP contribution in [0.5, 0.6) is 0 Å². The first-order valence-electron chi connectivity index (χ1n) is 12.7. The number of likely N-dealkylation sites (tertiary alicyclic amines) is 1. The zero-order valence-corrected chi connectivity index (χ0v) is 21.4. The number of carbonyl (C=O) groups excluding carboxylic acids is 3. The van der Waals surface area contributed by atoms with Gasteiger partial charge in [-0.25, -0.2) is 0 Å². The average Bonchev–Trinajstić information content (AvgIpc) is 3.41. The van der Waals surface area contributed by atoms with E-state index in [-0.39, 0.29) is 25.0 Å². The Morgan fingerprint density at radius 1 is 1.23 bits per heavy atom. The predicted molar refractivity (Wildman–Crippen MR) is 129 cm³/mol. The molecule has 2 N–H and O–H groups in total. The van der Waals surface area contributed by atoms with Gasteiger partial charge in [0.25, 0.3) is 0 Å². The summed E-state index contributed by atoms with van der Waals surface area (Å²) in [6, 6.07) is 7.99. The van der Waals surface area contributed by atoms with Gasteiger partial charge in [-0.2, -0.15) is 0 Å². The Bertz CT molecular complexity index is 976. The monoisotopic (exact) mass is 486 g/mol. The molecule has 8 heteroatoms. The summed E-state index contributed by atoms with van der Waals surface area (Å²) in [5, 5.41) is 13.5. The number of nitrogens with one attached hydrogen (secondary N) is 1. The summed E-state index contributed by atoms with van der Waals surface area (Å²) in [7, 11) is 0. The van der Waals surface area contributed by atoms with Crippen LogP contribution >= 0.6 is 0 Å². The molecule has 2 bridgehead atoms. The molecule has 3 aliphatic rings. The van der Waals surface area contributed by atoms with Crippen molar-refractivity contribution >= 4 is 17.8 Å². The van der Waals surface area contributed by atoms with Gasteiger partial charge in [0, 0.05) is 5.54 Å². The standard InChI is InChI=1S/C27H38N2O6/c1-6-26-13-14-27(35-26)19(20(26)24(33)34-7-2)23(32)29(21(27)22(31)28-25(3,4)5)18(16-30)15-17-11-9-8-10-12-17/h8-12,18-21,30H,6-7,13-16H2,1-5H3,(H,28,31)/t18-,19+,20+,21?,26-,27?/m1/s1. The van der Waals surface area contributed by atoms with E-state index in [0.717, 1.165) is 5.56 Å². The van der Waals surface area contributed by atoms with Crippen molar-refractivity contribution in [1.29, 1.82) is 0 Å². The Hall–Kier alpha value is -2.45. The number of benzene rings is 1. The quantitative estimate of drug-likeness (QED) is 0.546. The number of amides is 2. The predicted octanol–water partition coefficient (Wildman–Crippen LogP) is 2.22. The van der Waals surface area contributed by atoms with Gasteiger partial charge in [0.2, 0.25) is 11.8 Å². The number of fused-ring (bicyclic) bond motifs is 1. The van der Waals surface area contributed by atoms with Crippen LogP contribution in [0.4, 0.5) is 0 Å². The minimum absolute atomic E-state index is 0.202. The van der Waals surface area contributed by atoms with Crippen LogP contribution in [0.2, 0.25) is 0 Å². The molecule has 1 aromatic rings. The first-order valence-corrected chi connectivity index (χ1v) is 12.7. The summed E-state index contributed by atoms with van der Waals surface area (Å²) < 4.78 is 12.1. The van der Waals surface area contributed by atoms with Crippen molar-refractivity contribution in [1.82, 2.24) is 10.2 Å². The largest absolute Gasteiger partial charge is 0.466 e. The average molecular weight is 487 g/mol. The smallest absolute Gasteiger partial charge is 0.312 e. The maximum Gasteiger partial charge on any atom is 0.312 e. The third-order valence-electron chi connectivity index (χ3n) is 7.82. The van der Waals surface area contributed by atoms with Gasteiger partial charge in [0.15, 0.2) is 0 Å². The number of ether oxygens (including phenoxy) is 2. The van der Waals surface area contributed by atoms with Gasteiger partial charge in [-0.1, -0.05) is 37.3 Å². The SMILES string of the molecule is CCOC(=O)[C@@H]1[C@H]2C(=O)N([C@@H](CO)Cc3ccccc3)C(C(=O)NC(C)(C)C)C23CC[C@@]1(CC)O3. The van der Waals surface area contributed by atoms with Crippen molar-refractivity contribution in [3.63, 3.8) is 0 Å². The number of hydrogen-bond acceptors (Lipinski definition) is 6. The maximum absolute atomic E-state index is 14.2. The van der Waals surface area contributed by atoms with Crippen molar-refractivity contribution in [2.75, 3.05) is 13.2 Å². The lowest BCUT2D eigenvalue weighted by Crippen LogP contribution is -2.60. The van der Waals surface area contributed by atoms with Crippen LogP contribution in [0.25, 0.3) is 0 Å². The highest BCUT2D eigenvalue weighted by molar-refractivity contribution is 5.99. The summed E-state index contributed by atoms with van der Waals surface area (Å²) in [6.45, 7) is 9.23. The number of rotatable bonds is 8. The van der Waals surface area contributed by atoms with Gasteiger partial charge in [-0.3, -0.25) is 14.4 Å². The van der Waals surface area contributed by atoms with Crippen LogP contribution < -0.4 is 5.32 Å². The molecule has 2 unspecified atom stereocenters. The lowest BCUT2D eigenvalue weighted by molar-refractivity contribution is -0.162. The van der Waals surface area contributed by atoms with Crippen LogP contribution in [0.3, 0.4) is 0 Å². The molecule has 3 heterocycles. The molecule has 35 heavy (non-hydrogen) atoms. The summed E-state index contributed by atoms with van der Waals surface area (Å²) in [5.41, 5.74) is -1.55. The van der Waals surface area contributed by atoms with Crippen LogP contribution in [-0.2, 0) is 30.3 Å². The minimum Gasteiger partial charge on any atom is -0.466 e. The van der Waals surface area contributed by atoms with E-state index in [4.69, 9.17) is 9.47 Å². The second-order valence-electron chi connectivity index (χ2n) is 11.1. The van der Waals surface area contributed by atoms with Gasteiger partial charge < -0.3 is 24.8 Å². The molecule has 8 nitrogen and oxygen atoms in total. The number of nitrogens with zero attached hydrogens (tertiary/aromatic N) is 1. The van der Waals surface area contributed by atoms with Crippen LogP contribution in [0.15, 0.2) is 30.3 Å². The Balaban J connectivity index is 1.80. The van der Waals surface area contributed by atoms with Gasteiger partial charge in [-0.15, -0.1) is 0 Å². The van der Waals surface area contributed by atoms with E-state index in [0.29, 0.717) is 25.7 Å². The number of hydrogen-bond donors (Lipinski definition) is 2. The van der Waals surface area contributed by atoms with E-state index in [2.05, 4.69) is 5.32 Å². The molecule has 3 fully saturated rings. The summed E-state index contributed by atoms with van der Waals surface area (Å²) in [5.74, 6) is -2.69. The second-order valence-corrected chi connectivity index (χ2v) is 11.1. The number of esters is 1. The molecule has 2 amide bonds. The fourth-order valence-corrected chi connectivity index (χ4v) is 6.51. The van der Waals surface area contributed by atoms with Gasteiger partial charge in [0.1, 0.15) is 17.6 Å². The topological polar surface area (TPSA) is 105 Å². The number of aliphatic hydroxyl groups excluding tert-OH is 1. The molecule has 0 saturated carbocycles. The van der Waals surface area contributed by atoms with E-state index in [1.54, 1.807) is 6.92 Å². The first-order chi connectivity index (χ1) is 16.5. The highest BCUT2D eigenvalue weighted by Crippen LogP contribution is 2.64. The first kappa shape index (κ1) is 25.6. The second kappa shape index (κ2) is 9.21. The van der Waals surface area contributed by atoms with Crippen molar-refractivity contribution < 1.29 is 29.0 Å². The fraction of sp³-hybridized carbons (Fsp3) is 0.667. The third kappa shape index (κ3) is 4.14. The summed E-state index contributed by atoms with van der Waals surface area (Å²) in [6.07, 6.45) is 2.00. The molecule has 192 valence electrons. The molecule has 3 saturated heterocycles. The Labute approximate surface area is 207 Å². The van der Waals surface area contributed by atoms with Gasteiger partial charge in [-0.05, 0) is 58.9 Å². The molecule has 1 spiro atoms. The molecular weight excluding hydrogens is 448 g/mol. The lowest BCUT2D eigenvalue weighted by Gasteiger charge is -2.38. The van der Waals surface area contributed by atoms with Gasteiger partial charge >= 0.3 is 5.97 Å². The molecule has 0 aliphatic carbocycles. The van der Waals surface area contributed by atoms with E-state index < -0.39 is 46.6 Å². The Kier molecular flexibility index (Phi) is 6.74. The molecule has 0 aromatic heterocycles. The highest BCUT2D eigenvalue weighted by atomic mass is 16.6. The fourth-order valence-electron chi connectivity index (χ4n) is 6.51. The lowest BCUT2D eigenvalue weighted by atomic mass is 9.65. The zero-order valence-electron chi connectivity index (χ0n) is 21.4. The number of aliphatic hydroxyl groups is 1. The van der Waals surface area contributed by atoms with Crippen molar-refractivity contribution in [3.8, 4) is 0 Å². The van der Waals surface area contributed by atoms with Crippen molar-refractivity contribution in [3.05, 3.63) is 35.9 Å². The number of carbonyl (C=O) groups is 3. The summed E-state index contributed by atoms with van der Waals surface area (Å²) >= 11 is 0. The normalized spacial score (nSPS) is 32.5. The van der Waals surface area contributed by atoms with Crippen LogP contribution in [0, 0.1) is 11.8 Å².